The number of rotatable bonds is 3. The van der Waals surface area contributed by atoms with Gasteiger partial charge in [-0.2, -0.15) is 0 Å². The summed E-state index contributed by atoms with van der Waals surface area (Å²) in [6.45, 7) is 8.00. The van der Waals surface area contributed by atoms with Gasteiger partial charge in [0.15, 0.2) is 6.29 Å². The predicted molar refractivity (Wildman–Crippen MR) is 86.5 cm³/mol. The van der Waals surface area contributed by atoms with Crippen molar-refractivity contribution in [3.05, 3.63) is 64.2 Å². The van der Waals surface area contributed by atoms with Crippen LogP contribution in [0.1, 0.15) is 49.3 Å². The largest absolute Gasteiger partial charge is 0.298 e. The lowest BCUT2D eigenvalue weighted by atomic mass is 10.1. The van der Waals surface area contributed by atoms with E-state index in [1.54, 1.807) is 24.3 Å². The molecule has 0 amide bonds. The van der Waals surface area contributed by atoms with Gasteiger partial charge in [-0.15, -0.1) is 0 Å². The number of hydrogen-bond donors (Lipinski definition) is 0. The molecule has 0 N–H and O–H groups in total. The first-order chi connectivity index (χ1) is 10.2. The molecule has 114 valence electrons. The summed E-state index contributed by atoms with van der Waals surface area (Å²) in [5, 5.41) is 0.381. The molecule has 1 aromatic heterocycles. The Morgan fingerprint density at radius 1 is 1.14 bits per heavy atom. The molecule has 0 radical (unpaired) electrons. The lowest BCUT2D eigenvalue weighted by molar-refractivity contribution is 0.112. The zero-order valence-corrected chi connectivity index (χ0v) is 13.6. The number of carbonyl (C=O) groups is 1. The highest BCUT2D eigenvalue weighted by Crippen LogP contribution is 2.21. The van der Waals surface area contributed by atoms with Crippen molar-refractivity contribution >= 4 is 17.9 Å². The molecule has 0 unspecified atom stereocenters. The first kappa shape index (κ1) is 19.3. The molecule has 0 spiro atoms. The Morgan fingerprint density at radius 3 is 2.29 bits per heavy atom. The van der Waals surface area contributed by atoms with Crippen LogP contribution in [0.4, 0.5) is 4.39 Å². The van der Waals surface area contributed by atoms with Gasteiger partial charge in [-0.3, -0.25) is 9.78 Å². The molecule has 2 aromatic rings. The molecule has 4 heteroatoms. The number of pyridine rings is 1. The Balaban J connectivity index is 0.000000921. The molecule has 0 aliphatic heterocycles. The molecule has 0 bridgehead atoms. The average Bonchev–Trinajstić information content (AvgIpc) is 2.55. The van der Waals surface area contributed by atoms with E-state index in [1.807, 2.05) is 27.7 Å². The second kappa shape index (κ2) is 11.0. The fourth-order valence-electron chi connectivity index (χ4n) is 1.49. The lowest BCUT2D eigenvalue weighted by Gasteiger charge is -2.05. The molecule has 0 saturated carbocycles. The van der Waals surface area contributed by atoms with Crippen molar-refractivity contribution in [3.8, 4) is 0 Å². The van der Waals surface area contributed by atoms with Crippen LogP contribution < -0.4 is 0 Å². The fraction of sp³-hybridized carbons (Fsp3) is 0.294. The predicted octanol–water partition coefficient (Wildman–Crippen LogP) is 5.33. The molecule has 0 fully saturated rings. The zero-order chi connectivity index (χ0) is 16.3. The van der Waals surface area contributed by atoms with Gasteiger partial charge < -0.3 is 0 Å². The molecule has 2 rings (SSSR count). The summed E-state index contributed by atoms with van der Waals surface area (Å²) in [5.74, 6) is -0.348. The van der Waals surface area contributed by atoms with Gasteiger partial charge in [-0.25, -0.2) is 4.39 Å². The van der Waals surface area contributed by atoms with Gasteiger partial charge >= 0.3 is 0 Å². The smallest absolute Gasteiger partial charge is 0.151 e. The van der Waals surface area contributed by atoms with E-state index in [4.69, 9.17) is 11.6 Å². The van der Waals surface area contributed by atoms with Crippen molar-refractivity contribution < 1.29 is 9.18 Å². The Bertz CT molecular complexity index is 521. The maximum atomic E-state index is 13.5. The van der Waals surface area contributed by atoms with E-state index < -0.39 is 0 Å². The Labute approximate surface area is 131 Å². The number of benzene rings is 1. The van der Waals surface area contributed by atoms with Crippen molar-refractivity contribution in [3.63, 3.8) is 0 Å². The first-order valence-electron chi connectivity index (χ1n) is 7.03. The maximum absolute atomic E-state index is 13.5. The van der Waals surface area contributed by atoms with E-state index in [0.717, 1.165) is 0 Å². The number of halogens is 2. The number of carbonyl (C=O) groups excluding carboxylic acids is 1. The summed E-state index contributed by atoms with van der Waals surface area (Å²) in [4.78, 5) is 14.5. The molecule has 0 saturated heterocycles. The zero-order valence-electron chi connectivity index (χ0n) is 12.9. The van der Waals surface area contributed by atoms with Crippen molar-refractivity contribution in [1.82, 2.24) is 4.98 Å². The third kappa shape index (κ3) is 6.05. The fourth-order valence-corrected chi connectivity index (χ4v) is 1.72. The molecule has 1 aromatic carbocycles. The van der Waals surface area contributed by atoms with Crippen LogP contribution in [0.15, 0.2) is 36.5 Å². The minimum absolute atomic E-state index is 0.310. The van der Waals surface area contributed by atoms with E-state index in [9.17, 15) is 9.18 Å². The second-order valence-electron chi connectivity index (χ2n) is 3.58. The minimum atomic E-state index is -0.348. The molecule has 21 heavy (non-hydrogen) atoms. The minimum Gasteiger partial charge on any atom is -0.298 e. The Hall–Kier alpha value is -1.74. The van der Waals surface area contributed by atoms with Crippen molar-refractivity contribution in [2.45, 2.75) is 34.1 Å². The van der Waals surface area contributed by atoms with Crippen LogP contribution >= 0.6 is 11.6 Å². The van der Waals surface area contributed by atoms with Gasteiger partial charge in [0, 0.05) is 34.5 Å². The first-order valence-corrected chi connectivity index (χ1v) is 7.41. The Kier molecular flexibility index (Phi) is 10.1. The van der Waals surface area contributed by atoms with Gasteiger partial charge in [-0.1, -0.05) is 45.4 Å². The third-order valence-electron chi connectivity index (χ3n) is 2.40. The quantitative estimate of drug-likeness (QED) is 0.717. The van der Waals surface area contributed by atoms with Gasteiger partial charge in [-0.05, 0) is 24.3 Å². The highest BCUT2D eigenvalue weighted by molar-refractivity contribution is 6.31. The molecule has 0 aliphatic rings. The van der Waals surface area contributed by atoms with Gasteiger partial charge in [0.2, 0.25) is 0 Å². The van der Waals surface area contributed by atoms with Crippen molar-refractivity contribution in [1.29, 1.82) is 0 Å². The third-order valence-corrected chi connectivity index (χ3v) is 2.76. The van der Waals surface area contributed by atoms with Gasteiger partial charge in [0.05, 0.1) is 0 Å². The van der Waals surface area contributed by atoms with Crippen LogP contribution in [0.25, 0.3) is 0 Å². The molecular weight excluding hydrogens is 289 g/mol. The van der Waals surface area contributed by atoms with Crippen molar-refractivity contribution in [2.24, 2.45) is 0 Å². The van der Waals surface area contributed by atoms with Crippen LogP contribution in [-0.4, -0.2) is 11.3 Å². The molecule has 2 nitrogen and oxygen atoms in total. The average molecular weight is 310 g/mol. The molecule has 1 heterocycles. The van der Waals surface area contributed by atoms with Crippen LogP contribution in [0.2, 0.25) is 5.02 Å². The van der Waals surface area contributed by atoms with Gasteiger partial charge in [0.25, 0.3) is 0 Å². The van der Waals surface area contributed by atoms with Crippen LogP contribution in [0.5, 0.6) is 0 Å². The highest BCUT2D eigenvalue weighted by atomic mass is 35.5. The van der Waals surface area contributed by atoms with Crippen LogP contribution in [0, 0.1) is 5.82 Å². The SMILES string of the molecule is CC.CC.O=Cc1ccc(Cc2c(F)cccc2Cl)nc1. The number of hydrogen-bond acceptors (Lipinski definition) is 2. The van der Waals surface area contributed by atoms with Crippen LogP contribution in [-0.2, 0) is 6.42 Å². The van der Waals surface area contributed by atoms with E-state index in [2.05, 4.69) is 4.98 Å². The van der Waals surface area contributed by atoms with E-state index in [1.165, 1.54) is 12.3 Å². The molecule has 0 aliphatic carbocycles. The van der Waals surface area contributed by atoms with E-state index in [-0.39, 0.29) is 5.82 Å². The molecular formula is C17H21ClFNO. The summed E-state index contributed by atoms with van der Waals surface area (Å²) in [6.07, 6.45) is 2.48. The van der Waals surface area contributed by atoms with E-state index >= 15 is 0 Å². The van der Waals surface area contributed by atoms with E-state index in [0.29, 0.717) is 34.6 Å². The van der Waals surface area contributed by atoms with Gasteiger partial charge in [0.1, 0.15) is 5.82 Å². The van der Waals surface area contributed by atoms with Crippen molar-refractivity contribution in [2.75, 3.05) is 0 Å². The highest BCUT2D eigenvalue weighted by Gasteiger charge is 2.08. The normalized spacial score (nSPS) is 8.86. The molecule has 0 atom stereocenters. The summed E-state index contributed by atoms with van der Waals surface area (Å²) in [5.41, 5.74) is 1.58. The summed E-state index contributed by atoms with van der Waals surface area (Å²) < 4.78 is 13.5. The Morgan fingerprint density at radius 2 is 1.81 bits per heavy atom. The summed E-state index contributed by atoms with van der Waals surface area (Å²) >= 11 is 5.91. The monoisotopic (exact) mass is 309 g/mol. The maximum Gasteiger partial charge on any atom is 0.151 e. The summed E-state index contributed by atoms with van der Waals surface area (Å²) in [6, 6.07) is 7.89. The number of aromatic nitrogens is 1. The summed E-state index contributed by atoms with van der Waals surface area (Å²) in [7, 11) is 0. The lowest BCUT2D eigenvalue weighted by Crippen LogP contribution is -1.97. The second-order valence-corrected chi connectivity index (χ2v) is 3.98. The topological polar surface area (TPSA) is 30.0 Å². The number of nitrogens with zero attached hydrogens (tertiary/aromatic N) is 1. The van der Waals surface area contributed by atoms with Crippen LogP contribution in [0.3, 0.4) is 0 Å². The standard InChI is InChI=1S/C13H9ClFNO.2C2H6/c14-12-2-1-3-13(15)11(12)6-10-5-4-9(8-17)7-16-10;2*1-2/h1-5,7-8H,6H2;2*1-2H3. The number of aldehydes is 1.